The van der Waals surface area contributed by atoms with Gasteiger partial charge in [0.15, 0.2) is 0 Å². The molecule has 2 aromatic heterocycles. The molecule has 0 saturated heterocycles. The van der Waals surface area contributed by atoms with Gasteiger partial charge in [0.05, 0.1) is 11.4 Å². The first-order valence-electron chi connectivity index (χ1n) is 7.67. The monoisotopic (exact) mass is 395 g/mol. The van der Waals surface area contributed by atoms with Crippen molar-refractivity contribution in [1.29, 1.82) is 0 Å². The van der Waals surface area contributed by atoms with Crippen LogP contribution in [-0.2, 0) is 10.5 Å². The van der Waals surface area contributed by atoms with E-state index >= 15 is 0 Å². The number of thioether (sulfide) groups is 1. The van der Waals surface area contributed by atoms with Crippen LogP contribution in [0.15, 0.2) is 33.7 Å². The first kappa shape index (κ1) is 16.5. The lowest BCUT2D eigenvalue weighted by molar-refractivity contribution is -0.119. The lowest BCUT2D eigenvalue weighted by Gasteiger charge is -2.11. The zero-order valence-corrected chi connectivity index (χ0v) is 15.0. The standard InChI is InChI=1S/C16H18BrN3O2S/c17-11-5-6-14-18-13(7-16(22)20(14)8-11)9-23-10-15(21)19-12-3-1-2-4-12/h5-8,12H,1-4,9-10H2,(H,19,21). The molecule has 2 aromatic rings. The number of rotatable bonds is 5. The van der Waals surface area contributed by atoms with Gasteiger partial charge in [-0.1, -0.05) is 12.8 Å². The van der Waals surface area contributed by atoms with E-state index in [9.17, 15) is 9.59 Å². The molecule has 1 saturated carbocycles. The molecule has 0 bridgehead atoms. The third-order valence-corrected chi connectivity index (χ3v) is 5.32. The van der Waals surface area contributed by atoms with E-state index in [4.69, 9.17) is 0 Å². The fourth-order valence-electron chi connectivity index (χ4n) is 2.79. The summed E-state index contributed by atoms with van der Waals surface area (Å²) in [5, 5.41) is 3.06. The number of nitrogens with one attached hydrogen (secondary N) is 1. The first-order valence-corrected chi connectivity index (χ1v) is 9.61. The highest BCUT2D eigenvalue weighted by atomic mass is 79.9. The Kier molecular flexibility index (Phi) is 5.38. The van der Waals surface area contributed by atoms with Crippen molar-refractivity contribution in [2.75, 3.05) is 5.75 Å². The van der Waals surface area contributed by atoms with Gasteiger partial charge in [-0.2, -0.15) is 0 Å². The molecule has 0 spiro atoms. The van der Waals surface area contributed by atoms with Crippen LogP contribution in [-0.4, -0.2) is 27.1 Å². The van der Waals surface area contributed by atoms with Crippen molar-refractivity contribution in [3.05, 3.63) is 44.9 Å². The van der Waals surface area contributed by atoms with E-state index in [1.165, 1.54) is 35.1 Å². The Morgan fingerprint density at radius 1 is 1.39 bits per heavy atom. The molecule has 23 heavy (non-hydrogen) atoms. The number of fused-ring (bicyclic) bond motifs is 1. The maximum Gasteiger partial charge on any atom is 0.258 e. The second-order valence-electron chi connectivity index (χ2n) is 5.70. The number of pyridine rings is 1. The van der Waals surface area contributed by atoms with Crippen LogP contribution >= 0.6 is 27.7 Å². The lowest BCUT2D eigenvalue weighted by atomic mass is 10.2. The molecule has 1 aliphatic carbocycles. The quantitative estimate of drug-likeness (QED) is 0.844. The van der Waals surface area contributed by atoms with E-state index in [2.05, 4.69) is 26.2 Å². The maximum absolute atomic E-state index is 12.1. The van der Waals surface area contributed by atoms with Crippen LogP contribution in [0.5, 0.6) is 0 Å². The summed E-state index contributed by atoms with van der Waals surface area (Å²) in [6.45, 7) is 0. The third-order valence-electron chi connectivity index (χ3n) is 3.88. The normalized spacial score (nSPS) is 15.2. The summed E-state index contributed by atoms with van der Waals surface area (Å²) < 4.78 is 2.34. The first-order chi connectivity index (χ1) is 11.1. The molecule has 3 rings (SSSR count). The molecule has 1 N–H and O–H groups in total. The summed E-state index contributed by atoms with van der Waals surface area (Å²) in [6, 6.07) is 5.53. The highest BCUT2D eigenvalue weighted by Crippen LogP contribution is 2.18. The molecule has 122 valence electrons. The van der Waals surface area contributed by atoms with Gasteiger partial charge < -0.3 is 5.32 Å². The number of halogens is 1. The number of amides is 1. The van der Waals surface area contributed by atoms with Crippen molar-refractivity contribution in [2.24, 2.45) is 0 Å². The molecule has 0 atom stereocenters. The predicted molar refractivity (Wildman–Crippen MR) is 95.7 cm³/mol. The van der Waals surface area contributed by atoms with Gasteiger partial charge in [0.2, 0.25) is 5.91 Å². The largest absolute Gasteiger partial charge is 0.353 e. The fourth-order valence-corrected chi connectivity index (χ4v) is 3.85. The second-order valence-corrected chi connectivity index (χ2v) is 7.60. The Morgan fingerprint density at radius 3 is 2.96 bits per heavy atom. The average molecular weight is 396 g/mol. The minimum Gasteiger partial charge on any atom is -0.353 e. The van der Waals surface area contributed by atoms with Gasteiger partial charge in [0.25, 0.3) is 5.56 Å². The van der Waals surface area contributed by atoms with E-state index in [1.807, 2.05) is 6.07 Å². The number of carbonyl (C=O) groups excluding carboxylic acids is 1. The molecule has 0 aliphatic heterocycles. The summed E-state index contributed by atoms with van der Waals surface area (Å²) in [5.74, 6) is 1.03. The van der Waals surface area contributed by atoms with E-state index in [0.717, 1.165) is 17.3 Å². The smallest absolute Gasteiger partial charge is 0.258 e. The summed E-state index contributed by atoms with van der Waals surface area (Å²) in [7, 11) is 0. The predicted octanol–water partition coefficient (Wildman–Crippen LogP) is 2.75. The van der Waals surface area contributed by atoms with Crippen LogP contribution in [0.3, 0.4) is 0 Å². The zero-order valence-electron chi connectivity index (χ0n) is 12.6. The van der Waals surface area contributed by atoms with Gasteiger partial charge in [0.1, 0.15) is 5.65 Å². The molecule has 5 nitrogen and oxygen atoms in total. The third kappa shape index (κ3) is 4.35. The van der Waals surface area contributed by atoms with Crippen molar-refractivity contribution in [3.8, 4) is 0 Å². The van der Waals surface area contributed by atoms with Crippen molar-refractivity contribution in [1.82, 2.24) is 14.7 Å². The van der Waals surface area contributed by atoms with Gasteiger partial charge in [-0.15, -0.1) is 11.8 Å². The number of hydrogen-bond acceptors (Lipinski definition) is 4. The van der Waals surface area contributed by atoms with Gasteiger partial charge in [-0.05, 0) is 40.9 Å². The lowest BCUT2D eigenvalue weighted by Crippen LogP contribution is -2.33. The van der Waals surface area contributed by atoms with Crippen molar-refractivity contribution >= 4 is 39.2 Å². The van der Waals surface area contributed by atoms with Gasteiger partial charge in [-0.25, -0.2) is 4.98 Å². The summed E-state index contributed by atoms with van der Waals surface area (Å²) in [5.41, 5.74) is 1.21. The van der Waals surface area contributed by atoms with Gasteiger partial charge in [0, 0.05) is 28.5 Å². The maximum atomic E-state index is 12.1. The van der Waals surface area contributed by atoms with Crippen LogP contribution in [0.25, 0.3) is 5.65 Å². The van der Waals surface area contributed by atoms with Crippen molar-refractivity contribution in [2.45, 2.75) is 37.5 Å². The van der Waals surface area contributed by atoms with Crippen LogP contribution in [0.2, 0.25) is 0 Å². The number of nitrogens with zero attached hydrogens (tertiary/aromatic N) is 2. The molecule has 1 amide bonds. The minimum atomic E-state index is -0.109. The summed E-state index contributed by atoms with van der Waals surface area (Å²) >= 11 is 4.83. The molecule has 1 aliphatic rings. The van der Waals surface area contributed by atoms with E-state index in [0.29, 0.717) is 28.9 Å². The zero-order chi connectivity index (χ0) is 16.2. The fraction of sp³-hybridized carbons (Fsp3) is 0.438. The molecule has 2 heterocycles. The minimum absolute atomic E-state index is 0.0725. The van der Waals surface area contributed by atoms with Gasteiger partial charge in [-0.3, -0.25) is 14.0 Å². The Bertz CT molecular complexity index is 771. The Hall–Kier alpha value is -1.34. The summed E-state index contributed by atoms with van der Waals surface area (Å²) in [6.07, 6.45) is 6.30. The molecule has 0 radical (unpaired) electrons. The highest BCUT2D eigenvalue weighted by molar-refractivity contribution is 9.10. The van der Waals surface area contributed by atoms with Crippen LogP contribution in [0, 0.1) is 0 Å². The van der Waals surface area contributed by atoms with E-state index < -0.39 is 0 Å². The number of carbonyl (C=O) groups is 1. The molecule has 7 heteroatoms. The molecule has 0 unspecified atom stereocenters. The topological polar surface area (TPSA) is 63.5 Å². The highest BCUT2D eigenvalue weighted by Gasteiger charge is 2.16. The van der Waals surface area contributed by atoms with Crippen molar-refractivity contribution in [3.63, 3.8) is 0 Å². The SMILES string of the molecule is O=C(CSCc1cc(=O)n2cc(Br)ccc2n1)NC1CCCC1. The van der Waals surface area contributed by atoms with Crippen LogP contribution in [0.1, 0.15) is 31.4 Å². The van der Waals surface area contributed by atoms with E-state index in [-0.39, 0.29) is 11.5 Å². The van der Waals surface area contributed by atoms with Gasteiger partial charge >= 0.3 is 0 Å². The number of hydrogen-bond donors (Lipinski definition) is 1. The molecular formula is C16H18BrN3O2S. The van der Waals surface area contributed by atoms with Crippen molar-refractivity contribution < 1.29 is 4.79 Å². The Labute approximate surface area is 147 Å². The van der Waals surface area contributed by atoms with E-state index in [1.54, 1.807) is 12.3 Å². The van der Waals surface area contributed by atoms with Crippen LogP contribution < -0.4 is 10.9 Å². The average Bonchev–Trinajstić information content (AvgIpc) is 3.01. The Morgan fingerprint density at radius 2 is 2.17 bits per heavy atom. The molecule has 1 fully saturated rings. The molecule has 0 aromatic carbocycles. The van der Waals surface area contributed by atoms with Crippen LogP contribution in [0.4, 0.5) is 0 Å². The summed E-state index contributed by atoms with van der Waals surface area (Å²) in [4.78, 5) is 28.4. The second kappa shape index (κ2) is 7.49. The number of aromatic nitrogens is 2. The molecular weight excluding hydrogens is 378 g/mol. The Balaban J connectivity index is 1.57.